The smallest absolute Gasteiger partial charge is 0.329 e. The number of carboxylic acids is 1. The highest BCUT2D eigenvalue weighted by molar-refractivity contribution is 7.20. The second kappa shape index (κ2) is 5.20. The van der Waals surface area contributed by atoms with Crippen molar-refractivity contribution in [2.45, 2.75) is 25.8 Å². The number of thiophene rings is 1. The quantitative estimate of drug-likeness (QED) is 0.911. The van der Waals surface area contributed by atoms with Gasteiger partial charge in [0.2, 0.25) is 0 Å². The Labute approximate surface area is 119 Å². The number of aliphatic carboxylic acids is 1. The molecule has 6 heteroatoms. The first kappa shape index (κ1) is 14.5. The molecule has 4 nitrogen and oxygen atoms in total. The van der Waals surface area contributed by atoms with Gasteiger partial charge < -0.3 is 10.4 Å². The van der Waals surface area contributed by atoms with Crippen molar-refractivity contribution >= 4 is 33.3 Å². The second-order valence-corrected chi connectivity index (χ2v) is 5.82. The van der Waals surface area contributed by atoms with E-state index < -0.39 is 17.4 Å². The molecule has 0 aliphatic carbocycles. The summed E-state index contributed by atoms with van der Waals surface area (Å²) in [4.78, 5) is 23.7. The molecule has 1 atom stereocenters. The molecule has 1 aromatic heterocycles. The standard InChI is InChI=1S/C14H14FNO3S/c1-3-14(2,13(18)19)16-12(17)11-6-8-4-5-9(15)7-10(8)20-11/h4-7H,3H2,1-2H3,(H,16,17)(H,18,19). The summed E-state index contributed by atoms with van der Waals surface area (Å²) in [5, 5.41) is 12.4. The Kier molecular flexibility index (Phi) is 3.76. The molecule has 0 saturated heterocycles. The van der Waals surface area contributed by atoms with Gasteiger partial charge in [0.15, 0.2) is 0 Å². The number of nitrogens with one attached hydrogen (secondary N) is 1. The number of carbonyl (C=O) groups is 2. The first-order chi connectivity index (χ1) is 9.35. The Balaban J connectivity index is 2.29. The lowest BCUT2D eigenvalue weighted by molar-refractivity contribution is -0.143. The molecular formula is C14H14FNO3S. The van der Waals surface area contributed by atoms with Crippen LogP contribution in [0.4, 0.5) is 4.39 Å². The predicted octanol–water partition coefficient (Wildman–Crippen LogP) is 3.02. The summed E-state index contributed by atoms with van der Waals surface area (Å²) >= 11 is 1.14. The fourth-order valence-corrected chi connectivity index (χ4v) is 2.71. The van der Waals surface area contributed by atoms with Gasteiger partial charge in [-0.2, -0.15) is 0 Å². The van der Waals surface area contributed by atoms with Crippen molar-refractivity contribution in [1.82, 2.24) is 5.32 Å². The fraction of sp³-hybridized carbons (Fsp3) is 0.286. The molecule has 1 heterocycles. The van der Waals surface area contributed by atoms with Gasteiger partial charge in [0.1, 0.15) is 11.4 Å². The van der Waals surface area contributed by atoms with Crippen molar-refractivity contribution < 1.29 is 19.1 Å². The zero-order chi connectivity index (χ0) is 14.9. The second-order valence-electron chi connectivity index (χ2n) is 4.74. The molecule has 1 aromatic carbocycles. The van der Waals surface area contributed by atoms with Gasteiger partial charge in [-0.1, -0.05) is 13.0 Å². The van der Waals surface area contributed by atoms with Crippen LogP contribution in [0.5, 0.6) is 0 Å². The molecule has 1 unspecified atom stereocenters. The van der Waals surface area contributed by atoms with Crippen LogP contribution in [0.25, 0.3) is 10.1 Å². The van der Waals surface area contributed by atoms with Gasteiger partial charge in [-0.15, -0.1) is 11.3 Å². The van der Waals surface area contributed by atoms with E-state index in [1.165, 1.54) is 19.1 Å². The Morgan fingerprint density at radius 2 is 2.10 bits per heavy atom. The molecule has 0 radical (unpaired) electrons. The zero-order valence-electron chi connectivity index (χ0n) is 11.1. The summed E-state index contributed by atoms with van der Waals surface area (Å²) in [5.74, 6) is -1.91. The van der Waals surface area contributed by atoms with Crippen molar-refractivity contribution in [2.24, 2.45) is 0 Å². The molecule has 106 valence electrons. The number of halogens is 1. The van der Waals surface area contributed by atoms with Gasteiger partial charge in [-0.3, -0.25) is 4.79 Å². The van der Waals surface area contributed by atoms with Crippen LogP contribution in [0.15, 0.2) is 24.3 Å². The normalized spacial score (nSPS) is 13.9. The van der Waals surface area contributed by atoms with Crippen LogP contribution in [0, 0.1) is 5.82 Å². The molecular weight excluding hydrogens is 281 g/mol. The third-order valence-corrected chi connectivity index (χ3v) is 4.37. The van der Waals surface area contributed by atoms with Gasteiger partial charge in [0, 0.05) is 4.70 Å². The molecule has 0 aliphatic rings. The fourth-order valence-electron chi connectivity index (χ4n) is 1.72. The maximum absolute atomic E-state index is 13.1. The summed E-state index contributed by atoms with van der Waals surface area (Å²) in [7, 11) is 0. The number of amides is 1. The lowest BCUT2D eigenvalue weighted by Gasteiger charge is -2.24. The number of benzene rings is 1. The van der Waals surface area contributed by atoms with Crippen LogP contribution in [0.3, 0.4) is 0 Å². The van der Waals surface area contributed by atoms with Crippen molar-refractivity contribution in [3.63, 3.8) is 0 Å². The number of hydrogen-bond donors (Lipinski definition) is 2. The van der Waals surface area contributed by atoms with Crippen LogP contribution < -0.4 is 5.32 Å². The first-order valence-electron chi connectivity index (χ1n) is 6.11. The third-order valence-electron chi connectivity index (χ3n) is 3.27. The molecule has 0 saturated carbocycles. The van der Waals surface area contributed by atoms with Crippen molar-refractivity contribution in [3.8, 4) is 0 Å². The van der Waals surface area contributed by atoms with Crippen LogP contribution in [-0.2, 0) is 4.79 Å². The van der Waals surface area contributed by atoms with Gasteiger partial charge >= 0.3 is 5.97 Å². The molecule has 20 heavy (non-hydrogen) atoms. The topological polar surface area (TPSA) is 66.4 Å². The lowest BCUT2D eigenvalue weighted by atomic mass is 9.99. The number of carboxylic acid groups (broad SMARTS) is 1. The third kappa shape index (κ3) is 2.65. The van der Waals surface area contributed by atoms with Crippen LogP contribution >= 0.6 is 11.3 Å². The van der Waals surface area contributed by atoms with Crippen LogP contribution in [0.2, 0.25) is 0 Å². The minimum Gasteiger partial charge on any atom is -0.480 e. The van der Waals surface area contributed by atoms with Gasteiger partial charge in [-0.25, -0.2) is 9.18 Å². The average Bonchev–Trinajstić information content (AvgIpc) is 2.81. The molecule has 0 aliphatic heterocycles. The predicted molar refractivity (Wildman–Crippen MR) is 75.6 cm³/mol. The van der Waals surface area contributed by atoms with Gasteiger partial charge in [-0.05, 0) is 36.9 Å². The number of carbonyl (C=O) groups excluding carboxylic acids is 1. The zero-order valence-corrected chi connectivity index (χ0v) is 11.9. The Morgan fingerprint density at radius 1 is 1.40 bits per heavy atom. The number of hydrogen-bond acceptors (Lipinski definition) is 3. The van der Waals surface area contributed by atoms with Crippen molar-refractivity contribution in [3.05, 3.63) is 35.0 Å². The lowest BCUT2D eigenvalue weighted by Crippen LogP contribution is -2.51. The summed E-state index contributed by atoms with van der Waals surface area (Å²) < 4.78 is 13.8. The van der Waals surface area contributed by atoms with E-state index >= 15 is 0 Å². The Bertz CT molecular complexity index is 682. The van der Waals surface area contributed by atoms with Crippen LogP contribution in [-0.4, -0.2) is 22.5 Å². The van der Waals surface area contributed by atoms with E-state index in [0.29, 0.717) is 9.58 Å². The van der Waals surface area contributed by atoms with Gasteiger partial charge in [0.05, 0.1) is 4.88 Å². The van der Waals surface area contributed by atoms with Crippen molar-refractivity contribution in [2.75, 3.05) is 0 Å². The summed E-state index contributed by atoms with van der Waals surface area (Å²) in [5.41, 5.74) is -1.31. The SMILES string of the molecule is CCC(C)(NC(=O)c1cc2ccc(F)cc2s1)C(=O)O. The molecule has 1 amide bonds. The summed E-state index contributed by atoms with van der Waals surface area (Å²) in [6, 6.07) is 5.90. The highest BCUT2D eigenvalue weighted by Crippen LogP contribution is 2.26. The van der Waals surface area contributed by atoms with Gasteiger partial charge in [0.25, 0.3) is 5.91 Å². The molecule has 2 N–H and O–H groups in total. The molecule has 0 fully saturated rings. The maximum atomic E-state index is 13.1. The first-order valence-corrected chi connectivity index (χ1v) is 6.92. The molecule has 0 spiro atoms. The highest BCUT2D eigenvalue weighted by Gasteiger charge is 2.33. The summed E-state index contributed by atoms with van der Waals surface area (Å²) in [6.07, 6.45) is 0.271. The van der Waals surface area contributed by atoms with Crippen molar-refractivity contribution in [1.29, 1.82) is 0 Å². The largest absolute Gasteiger partial charge is 0.480 e. The number of fused-ring (bicyclic) bond motifs is 1. The molecule has 0 bridgehead atoms. The molecule has 2 aromatic rings. The van der Waals surface area contributed by atoms with E-state index in [9.17, 15) is 14.0 Å². The van der Waals surface area contributed by atoms with E-state index in [0.717, 1.165) is 16.7 Å². The number of rotatable bonds is 4. The minimum absolute atomic E-state index is 0.271. The minimum atomic E-state index is -1.31. The molecule has 2 rings (SSSR count). The van der Waals surface area contributed by atoms with E-state index in [2.05, 4.69) is 5.32 Å². The van der Waals surface area contributed by atoms with E-state index in [-0.39, 0.29) is 12.2 Å². The Hall–Kier alpha value is -1.95. The average molecular weight is 295 g/mol. The van der Waals surface area contributed by atoms with E-state index in [4.69, 9.17) is 5.11 Å². The highest BCUT2D eigenvalue weighted by atomic mass is 32.1. The van der Waals surface area contributed by atoms with E-state index in [1.807, 2.05) is 0 Å². The Morgan fingerprint density at radius 3 is 2.70 bits per heavy atom. The summed E-state index contributed by atoms with van der Waals surface area (Å²) in [6.45, 7) is 3.15. The monoisotopic (exact) mass is 295 g/mol. The van der Waals surface area contributed by atoms with Crippen LogP contribution in [0.1, 0.15) is 29.9 Å². The maximum Gasteiger partial charge on any atom is 0.329 e. The van der Waals surface area contributed by atoms with E-state index in [1.54, 1.807) is 19.1 Å².